The minimum Gasteiger partial charge on any atom is -0.396 e. The van der Waals surface area contributed by atoms with Gasteiger partial charge in [0.2, 0.25) is 0 Å². The standard InChI is InChI=1S/C17H14N4.C4H10O/c18-17-16-15(12-8-4-5-9-13(12)19-17)20-14(21-16)10-11-6-2-1-3-7-11;1-4(2)3-5/h1-9H,10H2,(H2,18,19)(H,20,21);4-5H,3H2,1-2H3. The number of hydrogen-bond donors (Lipinski definition) is 3. The third-order valence-corrected chi connectivity index (χ3v) is 3.99. The van der Waals surface area contributed by atoms with Crippen molar-refractivity contribution in [3.05, 3.63) is 66.0 Å². The second kappa shape index (κ2) is 7.97. The topological polar surface area (TPSA) is 87.8 Å². The van der Waals surface area contributed by atoms with Crippen LogP contribution in [-0.4, -0.2) is 26.7 Å². The number of pyridine rings is 1. The fourth-order valence-corrected chi connectivity index (χ4v) is 2.63. The van der Waals surface area contributed by atoms with Gasteiger partial charge in [0.25, 0.3) is 0 Å². The highest BCUT2D eigenvalue weighted by Gasteiger charge is 2.11. The van der Waals surface area contributed by atoms with E-state index in [1.54, 1.807) is 0 Å². The molecule has 2 heterocycles. The lowest BCUT2D eigenvalue weighted by Gasteiger charge is -1.99. The molecule has 0 amide bonds. The number of aromatic nitrogens is 3. The van der Waals surface area contributed by atoms with Crippen molar-refractivity contribution < 1.29 is 5.11 Å². The van der Waals surface area contributed by atoms with E-state index in [9.17, 15) is 0 Å². The summed E-state index contributed by atoms with van der Waals surface area (Å²) >= 11 is 0. The Morgan fingerprint density at radius 3 is 2.35 bits per heavy atom. The van der Waals surface area contributed by atoms with E-state index in [0.29, 0.717) is 18.3 Å². The molecule has 0 fully saturated rings. The van der Waals surface area contributed by atoms with Crippen molar-refractivity contribution in [2.45, 2.75) is 20.3 Å². The van der Waals surface area contributed by atoms with Crippen LogP contribution in [0.15, 0.2) is 54.6 Å². The zero-order valence-electron chi connectivity index (χ0n) is 15.1. The lowest BCUT2D eigenvalue weighted by molar-refractivity contribution is 0.248. The molecule has 0 spiro atoms. The van der Waals surface area contributed by atoms with E-state index >= 15 is 0 Å². The molecule has 2 aromatic carbocycles. The van der Waals surface area contributed by atoms with Gasteiger partial charge in [-0.05, 0) is 17.5 Å². The molecule has 0 saturated carbocycles. The first-order chi connectivity index (χ1) is 12.6. The van der Waals surface area contributed by atoms with Gasteiger partial charge < -0.3 is 15.8 Å². The van der Waals surface area contributed by atoms with Crippen LogP contribution in [0.25, 0.3) is 21.9 Å². The smallest absolute Gasteiger partial charge is 0.150 e. The van der Waals surface area contributed by atoms with Gasteiger partial charge >= 0.3 is 0 Å². The normalized spacial score (nSPS) is 10.9. The van der Waals surface area contributed by atoms with Gasteiger partial charge in [-0.2, -0.15) is 0 Å². The van der Waals surface area contributed by atoms with Crippen LogP contribution in [0.3, 0.4) is 0 Å². The number of nitrogens with two attached hydrogens (primary N) is 1. The molecule has 0 unspecified atom stereocenters. The van der Waals surface area contributed by atoms with Crippen molar-refractivity contribution in [2.24, 2.45) is 5.92 Å². The van der Waals surface area contributed by atoms with E-state index in [1.807, 2.05) is 56.3 Å². The summed E-state index contributed by atoms with van der Waals surface area (Å²) in [5.74, 6) is 1.84. The molecule has 0 saturated heterocycles. The summed E-state index contributed by atoms with van der Waals surface area (Å²) in [6.07, 6.45) is 0.753. The lowest BCUT2D eigenvalue weighted by Crippen LogP contribution is -1.93. The number of nitrogen functional groups attached to an aromatic ring is 1. The number of imidazole rings is 1. The number of aromatic amines is 1. The van der Waals surface area contributed by atoms with Crippen molar-refractivity contribution in [1.29, 1.82) is 0 Å². The molecular formula is C21H24N4O. The van der Waals surface area contributed by atoms with Crippen LogP contribution >= 0.6 is 0 Å². The maximum Gasteiger partial charge on any atom is 0.150 e. The molecule has 0 aliphatic heterocycles. The highest BCUT2D eigenvalue weighted by molar-refractivity contribution is 6.06. The maximum atomic E-state index is 8.14. The van der Waals surface area contributed by atoms with Crippen molar-refractivity contribution >= 4 is 27.8 Å². The van der Waals surface area contributed by atoms with Gasteiger partial charge in [-0.25, -0.2) is 9.97 Å². The molecule has 0 aliphatic carbocycles. The number of H-pyrrole nitrogens is 1. The summed E-state index contributed by atoms with van der Waals surface area (Å²) in [4.78, 5) is 12.5. The Labute approximate surface area is 152 Å². The van der Waals surface area contributed by atoms with Crippen molar-refractivity contribution in [3.8, 4) is 0 Å². The molecule has 5 nitrogen and oxygen atoms in total. The molecule has 0 atom stereocenters. The molecular weight excluding hydrogens is 324 g/mol. The Bertz CT molecular complexity index is 993. The molecule has 134 valence electrons. The zero-order valence-corrected chi connectivity index (χ0v) is 15.1. The summed E-state index contributed by atoms with van der Waals surface area (Å²) in [6.45, 7) is 4.25. The molecule has 0 radical (unpaired) electrons. The number of nitrogens with one attached hydrogen (secondary N) is 1. The van der Waals surface area contributed by atoms with Crippen molar-refractivity contribution in [3.63, 3.8) is 0 Å². The SMILES string of the molecule is CC(C)CO.Nc1nc2ccccc2c2nc(Cc3ccccc3)[nH]c12. The number of benzene rings is 2. The first-order valence-corrected chi connectivity index (χ1v) is 8.76. The summed E-state index contributed by atoms with van der Waals surface area (Å²) in [5, 5.41) is 9.17. The summed E-state index contributed by atoms with van der Waals surface area (Å²) in [5.41, 5.74) is 9.85. The fourth-order valence-electron chi connectivity index (χ4n) is 2.63. The number of aliphatic hydroxyl groups excluding tert-OH is 1. The second-order valence-corrected chi connectivity index (χ2v) is 6.66. The maximum absolute atomic E-state index is 8.14. The molecule has 2 aromatic heterocycles. The zero-order chi connectivity index (χ0) is 18.5. The van der Waals surface area contributed by atoms with Crippen LogP contribution in [0.5, 0.6) is 0 Å². The molecule has 26 heavy (non-hydrogen) atoms. The Kier molecular flexibility index (Phi) is 5.49. The molecule has 4 aromatic rings. The third kappa shape index (κ3) is 4.00. The second-order valence-electron chi connectivity index (χ2n) is 6.66. The molecule has 4 N–H and O–H groups in total. The van der Waals surface area contributed by atoms with E-state index in [-0.39, 0.29) is 0 Å². The minimum absolute atomic E-state index is 0.306. The number of nitrogens with zero attached hydrogens (tertiary/aromatic N) is 2. The van der Waals surface area contributed by atoms with Crippen LogP contribution in [0.4, 0.5) is 5.82 Å². The van der Waals surface area contributed by atoms with Crippen LogP contribution in [-0.2, 0) is 6.42 Å². The fraction of sp³-hybridized carbons (Fsp3) is 0.238. The Hall–Kier alpha value is -2.92. The quantitative estimate of drug-likeness (QED) is 0.524. The van der Waals surface area contributed by atoms with E-state index in [4.69, 9.17) is 15.8 Å². The number of fused-ring (bicyclic) bond motifs is 3. The van der Waals surface area contributed by atoms with Gasteiger partial charge in [0, 0.05) is 18.4 Å². The number of rotatable bonds is 3. The molecule has 0 aliphatic rings. The van der Waals surface area contributed by atoms with Crippen LogP contribution in [0.2, 0.25) is 0 Å². The van der Waals surface area contributed by atoms with Gasteiger partial charge in [0.1, 0.15) is 22.7 Å². The van der Waals surface area contributed by atoms with Gasteiger partial charge in [-0.3, -0.25) is 0 Å². The highest BCUT2D eigenvalue weighted by Crippen LogP contribution is 2.26. The summed E-state index contributed by atoms with van der Waals surface area (Å²) in [7, 11) is 0. The number of hydrogen-bond acceptors (Lipinski definition) is 4. The van der Waals surface area contributed by atoms with E-state index in [1.165, 1.54) is 5.56 Å². The van der Waals surface area contributed by atoms with Gasteiger partial charge in [0.05, 0.1) is 5.52 Å². The molecule has 5 heteroatoms. The highest BCUT2D eigenvalue weighted by atomic mass is 16.3. The van der Waals surface area contributed by atoms with Crippen LogP contribution < -0.4 is 5.73 Å². The Morgan fingerprint density at radius 2 is 1.65 bits per heavy atom. The number of anilines is 1. The predicted octanol–water partition coefficient (Wildman–Crippen LogP) is 3.92. The predicted molar refractivity (Wildman–Crippen MR) is 107 cm³/mol. The molecule has 0 bridgehead atoms. The van der Waals surface area contributed by atoms with Crippen molar-refractivity contribution in [1.82, 2.24) is 15.0 Å². The number of aliphatic hydroxyl groups is 1. The van der Waals surface area contributed by atoms with Gasteiger partial charge in [-0.1, -0.05) is 62.4 Å². The number of para-hydroxylation sites is 1. The summed E-state index contributed by atoms with van der Waals surface area (Å²) in [6, 6.07) is 18.2. The largest absolute Gasteiger partial charge is 0.396 e. The average Bonchev–Trinajstić information content (AvgIpc) is 3.08. The first-order valence-electron chi connectivity index (χ1n) is 8.76. The van der Waals surface area contributed by atoms with Gasteiger partial charge in [-0.15, -0.1) is 0 Å². The van der Waals surface area contributed by atoms with Crippen LogP contribution in [0, 0.1) is 5.92 Å². The first kappa shape index (κ1) is 17.9. The van der Waals surface area contributed by atoms with Crippen LogP contribution in [0.1, 0.15) is 25.2 Å². The van der Waals surface area contributed by atoms with E-state index in [0.717, 1.165) is 34.2 Å². The Morgan fingerprint density at radius 1 is 1.00 bits per heavy atom. The molecule has 4 rings (SSSR count). The minimum atomic E-state index is 0.306. The van der Waals surface area contributed by atoms with E-state index < -0.39 is 0 Å². The van der Waals surface area contributed by atoms with E-state index in [2.05, 4.69) is 22.1 Å². The Balaban J connectivity index is 0.000000349. The average molecular weight is 348 g/mol. The summed E-state index contributed by atoms with van der Waals surface area (Å²) < 4.78 is 0. The lowest BCUT2D eigenvalue weighted by atomic mass is 10.1. The third-order valence-electron chi connectivity index (χ3n) is 3.99. The van der Waals surface area contributed by atoms with Crippen molar-refractivity contribution in [2.75, 3.05) is 12.3 Å². The monoisotopic (exact) mass is 348 g/mol. The van der Waals surface area contributed by atoms with Gasteiger partial charge in [0.15, 0.2) is 0 Å².